The Morgan fingerprint density at radius 3 is 2.72 bits per heavy atom. The molecule has 0 aliphatic rings. The fraction of sp³-hybridized carbons (Fsp3) is 0.0769. The molecule has 0 saturated heterocycles. The molecular weight excluding hydrogens is 299 g/mol. The number of anilines is 1. The number of halogens is 2. The van der Waals surface area contributed by atoms with Gasteiger partial charge in [-0.2, -0.15) is 0 Å². The van der Waals surface area contributed by atoms with E-state index in [9.17, 15) is 9.18 Å². The Hall–Kier alpha value is -1.75. The van der Waals surface area contributed by atoms with Gasteiger partial charge in [0.25, 0.3) is 0 Å². The first-order chi connectivity index (χ1) is 8.56. The maximum absolute atomic E-state index is 13.2. The summed E-state index contributed by atoms with van der Waals surface area (Å²) in [6.45, 7) is 0. The average molecular weight is 309 g/mol. The Balaban J connectivity index is 2.16. The summed E-state index contributed by atoms with van der Waals surface area (Å²) >= 11 is 3.26. The third kappa shape index (κ3) is 2.92. The highest BCUT2D eigenvalue weighted by Gasteiger charge is 2.10. The largest absolute Gasteiger partial charge is 0.396 e. The first-order valence-corrected chi connectivity index (χ1v) is 6.04. The lowest BCUT2D eigenvalue weighted by atomic mass is 10.1. The van der Waals surface area contributed by atoms with E-state index in [1.165, 1.54) is 12.1 Å². The number of ketones is 1. The zero-order valence-electron chi connectivity index (χ0n) is 9.36. The van der Waals surface area contributed by atoms with E-state index in [0.29, 0.717) is 11.3 Å². The van der Waals surface area contributed by atoms with E-state index in [-0.39, 0.29) is 17.9 Å². The molecule has 5 heteroatoms. The monoisotopic (exact) mass is 308 g/mol. The van der Waals surface area contributed by atoms with Crippen LogP contribution in [0.4, 0.5) is 10.1 Å². The number of carbonyl (C=O) groups is 1. The lowest BCUT2D eigenvalue weighted by molar-refractivity contribution is 0.0991. The van der Waals surface area contributed by atoms with Crippen LogP contribution in [0.25, 0.3) is 0 Å². The summed E-state index contributed by atoms with van der Waals surface area (Å²) < 4.78 is 14.1. The van der Waals surface area contributed by atoms with Crippen molar-refractivity contribution in [1.29, 1.82) is 0 Å². The van der Waals surface area contributed by atoms with E-state index in [1.54, 1.807) is 18.3 Å². The molecule has 0 amide bonds. The number of rotatable bonds is 3. The molecule has 0 unspecified atom stereocenters. The third-order valence-corrected chi connectivity index (χ3v) is 2.92. The van der Waals surface area contributed by atoms with Gasteiger partial charge in [0.05, 0.1) is 12.1 Å². The van der Waals surface area contributed by atoms with Crippen molar-refractivity contribution in [2.45, 2.75) is 6.42 Å². The second-order valence-electron chi connectivity index (χ2n) is 3.80. The number of aromatic nitrogens is 1. The molecule has 1 aromatic carbocycles. The molecule has 0 aliphatic heterocycles. The highest BCUT2D eigenvalue weighted by Crippen LogP contribution is 2.14. The number of nitrogens with zero attached hydrogens (tertiary/aromatic N) is 1. The second kappa shape index (κ2) is 5.27. The van der Waals surface area contributed by atoms with Gasteiger partial charge in [-0.05, 0) is 46.3 Å². The van der Waals surface area contributed by atoms with Gasteiger partial charge >= 0.3 is 0 Å². The number of hydrogen-bond donors (Lipinski definition) is 1. The molecule has 0 saturated carbocycles. The molecule has 2 rings (SSSR count). The maximum Gasteiger partial charge on any atom is 0.168 e. The van der Waals surface area contributed by atoms with Crippen LogP contribution >= 0.6 is 15.9 Å². The number of nitrogen functional groups attached to an aromatic ring is 1. The smallest absolute Gasteiger partial charge is 0.168 e. The number of benzene rings is 1. The van der Waals surface area contributed by atoms with E-state index in [1.807, 2.05) is 0 Å². The molecule has 3 nitrogen and oxygen atoms in total. The highest BCUT2D eigenvalue weighted by molar-refractivity contribution is 9.10. The van der Waals surface area contributed by atoms with E-state index in [0.717, 1.165) is 10.5 Å². The fourth-order valence-electron chi connectivity index (χ4n) is 1.48. The molecule has 0 aliphatic carbocycles. The Kier molecular flexibility index (Phi) is 3.72. The summed E-state index contributed by atoms with van der Waals surface area (Å²) in [6.07, 6.45) is 1.75. The van der Waals surface area contributed by atoms with Crippen LogP contribution in [-0.4, -0.2) is 10.8 Å². The van der Waals surface area contributed by atoms with Crippen LogP contribution < -0.4 is 5.73 Å². The number of carbonyl (C=O) groups excluding carboxylic acids is 1. The van der Waals surface area contributed by atoms with Crippen molar-refractivity contribution in [2.24, 2.45) is 0 Å². The standard InChI is InChI=1S/C13H10BrFN2O/c14-9-2-3-10(17-7-9)6-13(18)8-1-4-12(16)11(15)5-8/h1-5,7H,6,16H2. The van der Waals surface area contributed by atoms with Gasteiger partial charge in [-0.1, -0.05) is 0 Å². The van der Waals surface area contributed by atoms with Crippen LogP contribution in [-0.2, 0) is 6.42 Å². The topological polar surface area (TPSA) is 56.0 Å². The number of hydrogen-bond acceptors (Lipinski definition) is 3. The van der Waals surface area contributed by atoms with Crippen molar-refractivity contribution in [3.63, 3.8) is 0 Å². The maximum atomic E-state index is 13.2. The molecule has 18 heavy (non-hydrogen) atoms. The van der Waals surface area contributed by atoms with E-state index in [2.05, 4.69) is 20.9 Å². The van der Waals surface area contributed by atoms with Gasteiger partial charge in [0.2, 0.25) is 0 Å². The predicted molar refractivity (Wildman–Crippen MR) is 70.8 cm³/mol. The van der Waals surface area contributed by atoms with E-state index >= 15 is 0 Å². The van der Waals surface area contributed by atoms with Crippen molar-refractivity contribution in [3.8, 4) is 0 Å². The molecule has 2 N–H and O–H groups in total. The Morgan fingerprint density at radius 2 is 2.11 bits per heavy atom. The van der Waals surface area contributed by atoms with Crippen molar-refractivity contribution in [1.82, 2.24) is 4.98 Å². The van der Waals surface area contributed by atoms with Gasteiger partial charge in [-0.3, -0.25) is 9.78 Å². The van der Waals surface area contributed by atoms with Crippen LogP contribution in [0, 0.1) is 5.82 Å². The second-order valence-corrected chi connectivity index (χ2v) is 4.72. The molecule has 0 bridgehead atoms. The Bertz CT molecular complexity index is 584. The van der Waals surface area contributed by atoms with Gasteiger partial charge in [-0.15, -0.1) is 0 Å². The molecule has 2 aromatic rings. The minimum absolute atomic E-state index is 0.0355. The summed E-state index contributed by atoms with van der Waals surface area (Å²) in [7, 11) is 0. The van der Waals surface area contributed by atoms with E-state index < -0.39 is 5.82 Å². The van der Waals surface area contributed by atoms with Gasteiger partial charge < -0.3 is 5.73 Å². The third-order valence-electron chi connectivity index (χ3n) is 2.45. The quantitative estimate of drug-likeness (QED) is 0.700. The number of Topliss-reactive ketones (excluding diaryl/α,β-unsaturated/α-hetero) is 1. The first kappa shape index (κ1) is 12.7. The number of pyridine rings is 1. The van der Waals surface area contributed by atoms with Crippen LogP contribution in [0.15, 0.2) is 41.0 Å². The summed E-state index contributed by atoms with van der Waals surface area (Å²) in [6, 6.07) is 7.60. The summed E-state index contributed by atoms with van der Waals surface area (Å²) in [5.74, 6) is -0.770. The van der Waals surface area contributed by atoms with Crippen molar-refractivity contribution in [2.75, 3.05) is 5.73 Å². The lowest BCUT2D eigenvalue weighted by Crippen LogP contribution is -2.06. The SMILES string of the molecule is Nc1ccc(C(=O)Cc2ccc(Br)cn2)cc1F. The molecule has 92 valence electrons. The Labute approximate surface area is 112 Å². The molecular formula is C13H10BrFN2O. The van der Waals surface area contributed by atoms with Gasteiger partial charge in [0.15, 0.2) is 5.78 Å². The summed E-state index contributed by atoms with van der Waals surface area (Å²) in [5.41, 5.74) is 6.33. The Morgan fingerprint density at radius 1 is 1.33 bits per heavy atom. The van der Waals surface area contributed by atoms with Crippen LogP contribution in [0.1, 0.15) is 16.1 Å². The zero-order valence-corrected chi connectivity index (χ0v) is 10.9. The molecule has 0 atom stereocenters. The van der Waals surface area contributed by atoms with Crippen molar-refractivity contribution in [3.05, 3.63) is 58.1 Å². The van der Waals surface area contributed by atoms with Crippen LogP contribution in [0.5, 0.6) is 0 Å². The molecule has 0 fully saturated rings. The zero-order chi connectivity index (χ0) is 13.1. The van der Waals surface area contributed by atoms with Crippen molar-refractivity contribution >= 4 is 27.4 Å². The minimum atomic E-state index is -0.579. The molecule has 1 aromatic heterocycles. The van der Waals surface area contributed by atoms with Gasteiger partial charge in [0, 0.05) is 21.9 Å². The summed E-state index contributed by atoms with van der Waals surface area (Å²) in [4.78, 5) is 16.0. The fourth-order valence-corrected chi connectivity index (χ4v) is 1.71. The van der Waals surface area contributed by atoms with Crippen molar-refractivity contribution < 1.29 is 9.18 Å². The van der Waals surface area contributed by atoms with Gasteiger partial charge in [-0.25, -0.2) is 4.39 Å². The highest BCUT2D eigenvalue weighted by atomic mass is 79.9. The van der Waals surface area contributed by atoms with E-state index in [4.69, 9.17) is 5.73 Å². The lowest BCUT2D eigenvalue weighted by Gasteiger charge is -2.03. The molecule has 0 radical (unpaired) electrons. The number of nitrogens with two attached hydrogens (primary N) is 1. The molecule has 0 spiro atoms. The van der Waals surface area contributed by atoms with Crippen LogP contribution in [0.3, 0.4) is 0 Å². The normalized spacial score (nSPS) is 10.3. The molecule has 1 heterocycles. The van der Waals surface area contributed by atoms with Crippen LogP contribution in [0.2, 0.25) is 0 Å². The minimum Gasteiger partial charge on any atom is -0.396 e. The first-order valence-electron chi connectivity index (χ1n) is 5.25. The summed E-state index contributed by atoms with van der Waals surface area (Å²) in [5, 5.41) is 0. The average Bonchev–Trinajstić information content (AvgIpc) is 2.35. The van der Waals surface area contributed by atoms with Gasteiger partial charge in [0.1, 0.15) is 5.82 Å². The predicted octanol–water partition coefficient (Wildman–Crippen LogP) is 2.99.